The fourth-order valence-electron chi connectivity index (χ4n) is 6.02. The van der Waals surface area contributed by atoms with Gasteiger partial charge in [0.15, 0.2) is 0 Å². The predicted molar refractivity (Wildman–Crippen MR) is 121 cm³/mol. The number of rotatable bonds is 4. The molecule has 0 N–H and O–H groups in total. The highest BCUT2D eigenvalue weighted by atomic mass is 19.1. The molecule has 3 aliphatic carbocycles. The van der Waals surface area contributed by atoms with E-state index in [0.29, 0.717) is 47.4 Å². The number of aromatic nitrogens is 2. The second kappa shape index (κ2) is 8.01. The molecule has 0 saturated heterocycles. The van der Waals surface area contributed by atoms with Gasteiger partial charge in [0, 0.05) is 42.7 Å². The molecule has 0 spiro atoms. The summed E-state index contributed by atoms with van der Waals surface area (Å²) in [4.78, 5) is 13.6. The molecule has 1 aliphatic heterocycles. The van der Waals surface area contributed by atoms with Crippen molar-refractivity contribution in [2.24, 2.45) is 28.8 Å². The van der Waals surface area contributed by atoms with Crippen LogP contribution in [-0.2, 0) is 11.3 Å². The molecule has 8 heteroatoms. The van der Waals surface area contributed by atoms with E-state index in [1.807, 2.05) is 23.0 Å². The average Bonchev–Trinajstić information content (AvgIpc) is 3.43. The lowest BCUT2D eigenvalue weighted by atomic mass is 9.55. The second-order valence-corrected chi connectivity index (χ2v) is 9.74. The van der Waals surface area contributed by atoms with Crippen molar-refractivity contribution in [3.8, 4) is 6.07 Å². The lowest BCUT2D eigenvalue weighted by Crippen LogP contribution is -2.49. The van der Waals surface area contributed by atoms with Gasteiger partial charge in [-0.15, -0.1) is 0 Å². The van der Waals surface area contributed by atoms with E-state index in [2.05, 4.69) is 16.3 Å². The van der Waals surface area contributed by atoms with Crippen LogP contribution in [-0.4, -0.2) is 26.9 Å². The number of carbonyl (C=O) groups is 1. The molecule has 7 rings (SSSR count). The normalized spacial score (nSPS) is 27.6. The molecule has 3 aromatic rings. The molecule has 0 radical (unpaired) electrons. The lowest BCUT2D eigenvalue weighted by Gasteiger charge is -2.51. The molecule has 6 nitrogen and oxygen atoms in total. The molecule has 2 bridgehead atoms. The number of nitrogens with zero attached hydrogens (tertiary/aromatic N) is 5. The number of halogens is 2. The van der Waals surface area contributed by atoms with Gasteiger partial charge < -0.3 is 0 Å². The molecule has 3 saturated carbocycles. The maximum Gasteiger partial charge on any atom is 0.246 e. The number of fused-ring (bicyclic) bond motifs is 3. The fourth-order valence-corrected chi connectivity index (χ4v) is 6.02. The summed E-state index contributed by atoms with van der Waals surface area (Å²) in [5.74, 6) is -0.335. The van der Waals surface area contributed by atoms with E-state index in [4.69, 9.17) is 0 Å². The van der Waals surface area contributed by atoms with Gasteiger partial charge in [0.05, 0.1) is 11.6 Å². The zero-order valence-corrected chi connectivity index (χ0v) is 18.4. The van der Waals surface area contributed by atoms with Crippen molar-refractivity contribution < 1.29 is 13.6 Å². The van der Waals surface area contributed by atoms with Gasteiger partial charge in [-0.1, -0.05) is 12.1 Å². The SMILES string of the molecule is N#Cc1cccc2cn(C[C@@H]3C[C@H](C(=O)N4N=CCC4c4cc(F)cc(F)c4)C4CC3C4)nc12. The molecule has 1 amide bonds. The highest BCUT2D eigenvalue weighted by molar-refractivity contribution is 5.84. The maximum atomic E-state index is 13.8. The minimum atomic E-state index is -0.653. The molecule has 1 unspecified atom stereocenters. The Bertz CT molecular complexity index is 1330. The van der Waals surface area contributed by atoms with Gasteiger partial charge in [-0.25, -0.2) is 13.8 Å². The summed E-state index contributed by atoms with van der Waals surface area (Å²) in [6.07, 6.45) is 6.81. The smallest absolute Gasteiger partial charge is 0.246 e. The van der Waals surface area contributed by atoms with Gasteiger partial charge in [0.25, 0.3) is 0 Å². The van der Waals surface area contributed by atoms with Gasteiger partial charge >= 0.3 is 0 Å². The first-order chi connectivity index (χ1) is 16.5. The van der Waals surface area contributed by atoms with E-state index in [1.165, 1.54) is 17.1 Å². The van der Waals surface area contributed by atoms with Gasteiger partial charge in [0.2, 0.25) is 5.91 Å². The molecule has 2 heterocycles. The minimum Gasteiger partial charge on any atom is -0.273 e. The number of hydrogen-bond donors (Lipinski definition) is 0. The largest absolute Gasteiger partial charge is 0.273 e. The monoisotopic (exact) mass is 459 g/mol. The molecule has 172 valence electrons. The first-order valence-corrected chi connectivity index (χ1v) is 11.7. The molecular formula is C26H23F2N5O. The Morgan fingerprint density at radius 1 is 1.12 bits per heavy atom. The molecule has 3 atom stereocenters. The summed E-state index contributed by atoms with van der Waals surface area (Å²) in [6.45, 7) is 0.697. The Labute approximate surface area is 195 Å². The van der Waals surface area contributed by atoms with E-state index in [-0.39, 0.29) is 11.8 Å². The van der Waals surface area contributed by atoms with Crippen LogP contribution in [0.25, 0.3) is 10.9 Å². The van der Waals surface area contributed by atoms with E-state index < -0.39 is 17.7 Å². The van der Waals surface area contributed by atoms with Crippen LogP contribution in [0.3, 0.4) is 0 Å². The summed E-state index contributed by atoms with van der Waals surface area (Å²) < 4.78 is 29.5. The van der Waals surface area contributed by atoms with E-state index in [0.717, 1.165) is 30.7 Å². The third kappa shape index (κ3) is 3.47. The molecule has 2 aromatic carbocycles. The van der Waals surface area contributed by atoms with Crippen LogP contribution in [0.4, 0.5) is 8.78 Å². The van der Waals surface area contributed by atoms with Crippen molar-refractivity contribution >= 4 is 23.0 Å². The number of carbonyl (C=O) groups excluding carboxylic acids is 1. The van der Waals surface area contributed by atoms with Crippen LogP contribution in [0, 0.1) is 46.6 Å². The van der Waals surface area contributed by atoms with Crippen molar-refractivity contribution in [3.63, 3.8) is 0 Å². The molecular weight excluding hydrogens is 436 g/mol. The Balaban J connectivity index is 1.21. The van der Waals surface area contributed by atoms with Crippen LogP contribution >= 0.6 is 0 Å². The lowest BCUT2D eigenvalue weighted by molar-refractivity contribution is -0.147. The first-order valence-electron chi connectivity index (χ1n) is 11.7. The third-order valence-corrected chi connectivity index (χ3v) is 7.77. The Hall–Kier alpha value is -3.60. The first kappa shape index (κ1) is 21.0. The fraction of sp³-hybridized carbons (Fsp3) is 0.385. The molecule has 1 aromatic heterocycles. The Kier molecular flexibility index (Phi) is 4.94. The maximum absolute atomic E-state index is 13.8. The Morgan fingerprint density at radius 2 is 1.91 bits per heavy atom. The zero-order chi connectivity index (χ0) is 23.4. The summed E-state index contributed by atoms with van der Waals surface area (Å²) in [7, 11) is 0. The van der Waals surface area contributed by atoms with Crippen molar-refractivity contribution in [2.75, 3.05) is 0 Å². The van der Waals surface area contributed by atoms with Crippen LogP contribution in [0.15, 0.2) is 47.7 Å². The summed E-state index contributed by atoms with van der Waals surface area (Å²) in [5.41, 5.74) is 1.69. The van der Waals surface area contributed by atoms with E-state index in [9.17, 15) is 18.8 Å². The van der Waals surface area contributed by atoms with Crippen molar-refractivity contribution in [1.82, 2.24) is 14.8 Å². The van der Waals surface area contributed by atoms with Crippen molar-refractivity contribution in [1.29, 1.82) is 5.26 Å². The van der Waals surface area contributed by atoms with Crippen LogP contribution in [0.1, 0.15) is 42.9 Å². The van der Waals surface area contributed by atoms with Crippen molar-refractivity contribution in [2.45, 2.75) is 38.3 Å². The molecule has 3 fully saturated rings. The number of amides is 1. The van der Waals surface area contributed by atoms with Gasteiger partial charge in [-0.3, -0.25) is 9.48 Å². The van der Waals surface area contributed by atoms with E-state index >= 15 is 0 Å². The quantitative estimate of drug-likeness (QED) is 0.562. The average molecular weight is 460 g/mol. The Morgan fingerprint density at radius 3 is 2.68 bits per heavy atom. The summed E-state index contributed by atoms with van der Waals surface area (Å²) >= 11 is 0. The topological polar surface area (TPSA) is 74.3 Å². The van der Waals surface area contributed by atoms with Gasteiger partial charge in [0.1, 0.15) is 23.2 Å². The number of hydrogen-bond acceptors (Lipinski definition) is 4. The minimum absolute atomic E-state index is 0.0611. The van der Waals surface area contributed by atoms with E-state index in [1.54, 1.807) is 12.3 Å². The second-order valence-electron chi connectivity index (χ2n) is 9.74. The highest BCUT2D eigenvalue weighted by Gasteiger charge is 2.50. The standard InChI is InChI=1S/C26H23F2N5O/c27-21-8-19(9-22(28)11-21)24-4-5-30-33(24)26(34)23-10-20(17-6-18(23)7-17)14-32-13-16-3-1-2-15(12-29)25(16)31-32/h1-3,5,8-9,11,13,17-18,20,23-24H,4,6-7,10,14H2/t17?,18?,20-,23-,24?/m0/s1. The third-order valence-electron chi connectivity index (χ3n) is 7.77. The van der Waals surface area contributed by atoms with Gasteiger partial charge in [-0.2, -0.15) is 15.5 Å². The zero-order valence-electron chi connectivity index (χ0n) is 18.4. The molecule has 34 heavy (non-hydrogen) atoms. The van der Waals surface area contributed by atoms with Crippen LogP contribution in [0.5, 0.6) is 0 Å². The highest BCUT2D eigenvalue weighted by Crippen LogP contribution is 2.53. The predicted octanol–water partition coefficient (Wildman–Crippen LogP) is 4.81. The number of nitriles is 1. The summed E-state index contributed by atoms with van der Waals surface area (Å²) in [5, 5.41) is 20.7. The number of benzene rings is 2. The molecule has 4 aliphatic rings. The van der Waals surface area contributed by atoms with Crippen LogP contribution < -0.4 is 0 Å². The van der Waals surface area contributed by atoms with Crippen LogP contribution in [0.2, 0.25) is 0 Å². The van der Waals surface area contributed by atoms with Crippen molar-refractivity contribution in [3.05, 3.63) is 65.4 Å². The van der Waals surface area contributed by atoms with Gasteiger partial charge in [-0.05, 0) is 60.8 Å². The number of hydrazone groups is 1. The summed E-state index contributed by atoms with van der Waals surface area (Å²) in [6, 6.07) is 10.7.